The Bertz CT molecular complexity index is 1120. The highest BCUT2D eigenvalue weighted by Gasteiger charge is 2.45. The van der Waals surface area contributed by atoms with E-state index >= 15 is 0 Å². The van der Waals surface area contributed by atoms with Gasteiger partial charge in [0.25, 0.3) is 11.5 Å². The first-order valence-corrected chi connectivity index (χ1v) is 9.63. The Morgan fingerprint density at radius 1 is 1.14 bits per heavy atom. The van der Waals surface area contributed by atoms with Crippen molar-refractivity contribution in [3.63, 3.8) is 0 Å². The molecular formula is C22H21N3O3. The number of nitrogens with one attached hydrogen (secondary N) is 1. The van der Waals surface area contributed by atoms with Gasteiger partial charge in [-0.25, -0.2) is 0 Å². The molecule has 6 nitrogen and oxygen atoms in total. The van der Waals surface area contributed by atoms with Crippen LogP contribution in [-0.4, -0.2) is 34.4 Å². The molecule has 2 aliphatic rings. The normalized spacial score (nSPS) is 23.2. The van der Waals surface area contributed by atoms with Crippen molar-refractivity contribution in [2.75, 3.05) is 6.61 Å². The number of fused-ring (bicyclic) bond motifs is 2. The third kappa shape index (κ3) is 2.72. The lowest BCUT2D eigenvalue weighted by Gasteiger charge is -2.39. The molecule has 1 aliphatic heterocycles. The molecular weight excluding hydrogens is 354 g/mol. The van der Waals surface area contributed by atoms with E-state index in [4.69, 9.17) is 4.74 Å². The fourth-order valence-corrected chi connectivity index (χ4v) is 4.29. The van der Waals surface area contributed by atoms with Crippen molar-refractivity contribution in [3.8, 4) is 5.69 Å². The molecule has 0 bridgehead atoms. The molecule has 1 saturated heterocycles. The predicted octanol–water partition coefficient (Wildman–Crippen LogP) is 2.60. The zero-order valence-corrected chi connectivity index (χ0v) is 15.6. The van der Waals surface area contributed by atoms with Gasteiger partial charge in [-0.3, -0.25) is 9.59 Å². The van der Waals surface area contributed by atoms with Crippen molar-refractivity contribution in [1.82, 2.24) is 15.1 Å². The lowest BCUT2D eigenvalue weighted by Crippen LogP contribution is -2.53. The molecule has 28 heavy (non-hydrogen) atoms. The average molecular weight is 375 g/mol. The van der Waals surface area contributed by atoms with Crippen LogP contribution in [0, 0.1) is 12.8 Å². The van der Waals surface area contributed by atoms with Gasteiger partial charge in [0.15, 0.2) is 0 Å². The Hall–Kier alpha value is -2.99. The van der Waals surface area contributed by atoms with Crippen molar-refractivity contribution >= 4 is 16.7 Å². The highest BCUT2D eigenvalue weighted by molar-refractivity contribution is 5.94. The van der Waals surface area contributed by atoms with Crippen molar-refractivity contribution in [2.45, 2.75) is 31.9 Å². The van der Waals surface area contributed by atoms with Crippen molar-refractivity contribution in [3.05, 3.63) is 70.1 Å². The molecule has 6 heteroatoms. The van der Waals surface area contributed by atoms with E-state index in [1.165, 1.54) is 4.68 Å². The van der Waals surface area contributed by atoms with Gasteiger partial charge >= 0.3 is 0 Å². The standard InChI is InChI=1S/C22H21N3O3/c1-13-16-4-2-3-5-17(16)22(27)25(24-13)15-8-6-14(7-9-15)21(26)23-19-12-20-18(19)10-11-28-20/h2-9,18-20H,10-12H2,1H3,(H,23,26)/t18-,19-,20+/m1/s1. The lowest BCUT2D eigenvalue weighted by atomic mass is 9.76. The number of ether oxygens (including phenoxy) is 1. The van der Waals surface area contributed by atoms with Crippen LogP contribution in [-0.2, 0) is 4.74 Å². The number of hydrogen-bond acceptors (Lipinski definition) is 4. The maximum atomic E-state index is 12.8. The number of carbonyl (C=O) groups excluding carboxylic acids is 1. The van der Waals surface area contributed by atoms with Gasteiger partial charge in [0, 0.05) is 29.5 Å². The number of benzene rings is 2. The van der Waals surface area contributed by atoms with Gasteiger partial charge in [-0.1, -0.05) is 18.2 Å². The molecule has 1 aliphatic carbocycles. The molecule has 2 heterocycles. The zero-order chi connectivity index (χ0) is 19.3. The Balaban J connectivity index is 1.39. The molecule has 3 aromatic rings. The van der Waals surface area contributed by atoms with E-state index in [1.807, 2.05) is 31.2 Å². The molecule has 1 amide bonds. The molecule has 0 radical (unpaired) electrons. The first kappa shape index (κ1) is 17.1. The van der Waals surface area contributed by atoms with Crippen LogP contribution in [0.3, 0.4) is 0 Å². The maximum Gasteiger partial charge on any atom is 0.279 e. The number of rotatable bonds is 3. The van der Waals surface area contributed by atoms with Gasteiger partial charge in [0.2, 0.25) is 0 Å². The molecule has 0 spiro atoms. The van der Waals surface area contributed by atoms with Gasteiger partial charge in [-0.15, -0.1) is 0 Å². The minimum Gasteiger partial charge on any atom is -0.378 e. The van der Waals surface area contributed by atoms with Gasteiger partial charge in [0.1, 0.15) is 0 Å². The van der Waals surface area contributed by atoms with Gasteiger partial charge in [-0.2, -0.15) is 9.78 Å². The molecule has 142 valence electrons. The zero-order valence-electron chi connectivity index (χ0n) is 15.6. The quantitative estimate of drug-likeness (QED) is 0.764. The summed E-state index contributed by atoms with van der Waals surface area (Å²) in [4.78, 5) is 25.4. The first-order valence-electron chi connectivity index (χ1n) is 9.63. The Morgan fingerprint density at radius 2 is 1.89 bits per heavy atom. The van der Waals surface area contributed by atoms with E-state index in [-0.39, 0.29) is 17.5 Å². The molecule has 1 aromatic heterocycles. The molecule has 5 rings (SSSR count). The number of hydrogen-bond donors (Lipinski definition) is 1. The largest absolute Gasteiger partial charge is 0.378 e. The molecule has 2 aromatic carbocycles. The Kier molecular flexibility index (Phi) is 4.02. The van der Waals surface area contributed by atoms with Crippen LogP contribution in [0.5, 0.6) is 0 Å². The summed E-state index contributed by atoms with van der Waals surface area (Å²) in [7, 11) is 0. The van der Waals surface area contributed by atoms with Crippen molar-refractivity contribution in [2.24, 2.45) is 5.92 Å². The number of aromatic nitrogens is 2. The van der Waals surface area contributed by atoms with E-state index < -0.39 is 0 Å². The second-order valence-electron chi connectivity index (χ2n) is 7.57. The summed E-state index contributed by atoms with van der Waals surface area (Å²) in [5.41, 5.74) is 1.84. The fourth-order valence-electron chi connectivity index (χ4n) is 4.29. The number of nitrogens with zero attached hydrogens (tertiary/aromatic N) is 2. The molecule has 0 unspecified atom stereocenters. The van der Waals surface area contributed by atoms with Crippen LogP contribution in [0.2, 0.25) is 0 Å². The van der Waals surface area contributed by atoms with E-state index in [1.54, 1.807) is 24.3 Å². The van der Waals surface area contributed by atoms with Gasteiger partial charge in [0.05, 0.1) is 22.9 Å². The van der Waals surface area contributed by atoms with Gasteiger partial charge < -0.3 is 10.1 Å². The Morgan fingerprint density at radius 3 is 2.64 bits per heavy atom. The minimum absolute atomic E-state index is 0.0862. The highest BCUT2D eigenvalue weighted by atomic mass is 16.5. The summed E-state index contributed by atoms with van der Waals surface area (Å²) in [5, 5.41) is 9.04. The third-order valence-corrected chi connectivity index (χ3v) is 5.94. The summed E-state index contributed by atoms with van der Waals surface area (Å²) in [6, 6.07) is 14.7. The lowest BCUT2D eigenvalue weighted by molar-refractivity contribution is 0.00810. The highest BCUT2D eigenvalue weighted by Crippen LogP contribution is 2.38. The number of carbonyl (C=O) groups is 1. The summed E-state index contributed by atoms with van der Waals surface area (Å²) in [6.45, 7) is 2.68. The van der Waals surface area contributed by atoms with Crippen LogP contribution in [0.25, 0.3) is 16.5 Å². The fraction of sp³-hybridized carbons (Fsp3) is 0.318. The smallest absolute Gasteiger partial charge is 0.279 e. The van der Waals surface area contributed by atoms with E-state index in [2.05, 4.69) is 10.4 Å². The van der Waals surface area contributed by atoms with Crippen LogP contribution < -0.4 is 10.9 Å². The predicted molar refractivity (Wildman–Crippen MR) is 106 cm³/mol. The van der Waals surface area contributed by atoms with Crippen LogP contribution in [0.15, 0.2) is 53.3 Å². The van der Waals surface area contributed by atoms with E-state index in [0.717, 1.165) is 30.5 Å². The SMILES string of the molecule is Cc1nn(-c2ccc(C(=O)N[C@@H]3C[C@@H]4OCC[C@@H]43)cc2)c(=O)c2ccccc12. The van der Waals surface area contributed by atoms with Crippen LogP contribution in [0.4, 0.5) is 0 Å². The van der Waals surface area contributed by atoms with Crippen LogP contribution in [0.1, 0.15) is 28.9 Å². The van der Waals surface area contributed by atoms with Crippen molar-refractivity contribution in [1.29, 1.82) is 0 Å². The molecule has 1 saturated carbocycles. The third-order valence-electron chi connectivity index (χ3n) is 5.94. The average Bonchev–Trinajstić information content (AvgIpc) is 3.10. The number of aryl methyl sites for hydroxylation is 1. The maximum absolute atomic E-state index is 12.8. The topological polar surface area (TPSA) is 73.2 Å². The van der Waals surface area contributed by atoms with E-state index in [9.17, 15) is 9.59 Å². The van der Waals surface area contributed by atoms with Crippen molar-refractivity contribution < 1.29 is 9.53 Å². The van der Waals surface area contributed by atoms with Crippen LogP contribution >= 0.6 is 0 Å². The minimum atomic E-state index is -0.167. The summed E-state index contributed by atoms with van der Waals surface area (Å²) in [6.07, 6.45) is 2.23. The number of amides is 1. The monoisotopic (exact) mass is 375 g/mol. The second kappa shape index (κ2) is 6.56. The molecule has 2 fully saturated rings. The second-order valence-corrected chi connectivity index (χ2v) is 7.57. The summed E-state index contributed by atoms with van der Waals surface area (Å²) < 4.78 is 6.99. The van der Waals surface area contributed by atoms with E-state index in [0.29, 0.717) is 28.7 Å². The summed E-state index contributed by atoms with van der Waals surface area (Å²) in [5.74, 6) is 0.364. The molecule has 1 N–H and O–H groups in total. The van der Waals surface area contributed by atoms with Gasteiger partial charge in [-0.05, 0) is 50.1 Å². The first-order chi connectivity index (χ1) is 13.6. The Labute approximate surface area is 162 Å². The molecule has 3 atom stereocenters. The summed E-state index contributed by atoms with van der Waals surface area (Å²) >= 11 is 0.